The van der Waals surface area contributed by atoms with E-state index in [4.69, 9.17) is 5.73 Å². The molecule has 1 atom stereocenters. The van der Waals surface area contributed by atoms with E-state index in [0.29, 0.717) is 10.5 Å². The molecule has 0 aliphatic carbocycles. The minimum Gasteiger partial charge on any atom is -0.366 e. The van der Waals surface area contributed by atoms with E-state index in [2.05, 4.69) is 0 Å². The van der Waals surface area contributed by atoms with Crippen molar-refractivity contribution in [1.29, 1.82) is 0 Å². The lowest BCUT2D eigenvalue weighted by atomic mass is 10.0. The summed E-state index contributed by atoms with van der Waals surface area (Å²) in [7, 11) is -1.18. The fourth-order valence-corrected chi connectivity index (χ4v) is 2.56. The van der Waals surface area contributed by atoms with E-state index in [-0.39, 0.29) is 0 Å². The predicted octanol–water partition coefficient (Wildman–Crippen LogP) is 2.19. The summed E-state index contributed by atoms with van der Waals surface area (Å²) in [6.45, 7) is 0. The summed E-state index contributed by atoms with van der Waals surface area (Å²) in [6, 6.07) is 14.7. The molecule has 1 amide bonds. The Labute approximate surface area is 108 Å². The Balaban J connectivity index is 2.61. The third kappa shape index (κ3) is 2.49. The molecule has 0 aliphatic rings. The molecule has 4 heteroatoms. The first kappa shape index (κ1) is 12.5. The van der Waals surface area contributed by atoms with Crippen LogP contribution >= 0.6 is 0 Å². The second-order valence-electron chi connectivity index (χ2n) is 3.90. The van der Waals surface area contributed by atoms with Gasteiger partial charge in [0.15, 0.2) is 0 Å². The monoisotopic (exact) mass is 259 g/mol. The number of primary amides is 1. The highest BCUT2D eigenvalue weighted by Crippen LogP contribution is 2.26. The molecule has 0 heterocycles. The van der Waals surface area contributed by atoms with Crippen LogP contribution in [0.25, 0.3) is 11.1 Å². The predicted molar refractivity (Wildman–Crippen MR) is 72.7 cm³/mol. The van der Waals surface area contributed by atoms with E-state index < -0.39 is 16.7 Å². The summed E-state index contributed by atoms with van der Waals surface area (Å²) >= 11 is 0. The Morgan fingerprint density at radius 2 is 1.78 bits per heavy atom. The van der Waals surface area contributed by atoms with Crippen LogP contribution < -0.4 is 5.73 Å². The van der Waals surface area contributed by atoms with E-state index in [1.807, 2.05) is 30.3 Å². The van der Waals surface area contributed by atoms with Crippen molar-refractivity contribution in [3.8, 4) is 11.1 Å². The van der Waals surface area contributed by atoms with E-state index in [0.717, 1.165) is 11.1 Å². The van der Waals surface area contributed by atoms with Gasteiger partial charge < -0.3 is 5.73 Å². The molecule has 0 bridgehead atoms. The van der Waals surface area contributed by atoms with Crippen molar-refractivity contribution >= 4 is 16.7 Å². The molecule has 0 saturated carbocycles. The minimum absolute atomic E-state index is 0.375. The second kappa shape index (κ2) is 5.14. The van der Waals surface area contributed by atoms with Gasteiger partial charge in [-0.05, 0) is 23.3 Å². The molecular weight excluding hydrogens is 246 g/mol. The molecule has 2 aromatic rings. The van der Waals surface area contributed by atoms with Gasteiger partial charge in [0.05, 0.1) is 10.8 Å². The van der Waals surface area contributed by atoms with Crippen molar-refractivity contribution in [2.45, 2.75) is 4.90 Å². The van der Waals surface area contributed by atoms with Crippen LogP contribution in [0.5, 0.6) is 0 Å². The van der Waals surface area contributed by atoms with Gasteiger partial charge in [0.1, 0.15) is 0 Å². The number of carbonyl (C=O) groups is 1. The molecule has 92 valence electrons. The molecular formula is C14H13NO2S. The van der Waals surface area contributed by atoms with Crippen molar-refractivity contribution < 1.29 is 9.00 Å². The molecule has 0 fully saturated rings. The molecule has 2 rings (SSSR count). The first-order chi connectivity index (χ1) is 8.59. The van der Waals surface area contributed by atoms with Gasteiger partial charge in [-0.15, -0.1) is 0 Å². The number of carbonyl (C=O) groups excluding carboxylic acids is 1. The third-order valence-electron chi connectivity index (χ3n) is 2.66. The highest BCUT2D eigenvalue weighted by molar-refractivity contribution is 7.84. The third-order valence-corrected chi connectivity index (χ3v) is 3.62. The molecule has 0 saturated heterocycles. The van der Waals surface area contributed by atoms with Crippen molar-refractivity contribution in [2.24, 2.45) is 5.73 Å². The largest absolute Gasteiger partial charge is 0.366 e. The average molecular weight is 259 g/mol. The smallest absolute Gasteiger partial charge is 0.248 e. The highest BCUT2D eigenvalue weighted by atomic mass is 32.2. The molecule has 3 nitrogen and oxygen atoms in total. The maximum Gasteiger partial charge on any atom is 0.248 e. The molecule has 0 radical (unpaired) electrons. The molecule has 0 aliphatic heterocycles. The number of rotatable bonds is 3. The van der Waals surface area contributed by atoms with E-state index >= 15 is 0 Å². The summed E-state index contributed by atoms with van der Waals surface area (Å²) in [5, 5.41) is 0. The van der Waals surface area contributed by atoms with Crippen LogP contribution in [0.1, 0.15) is 10.4 Å². The maximum absolute atomic E-state index is 11.8. The fraction of sp³-hybridized carbons (Fsp3) is 0.0714. The van der Waals surface area contributed by atoms with Crippen LogP contribution in [-0.4, -0.2) is 16.4 Å². The fourth-order valence-electron chi connectivity index (χ4n) is 1.77. The van der Waals surface area contributed by atoms with Crippen LogP contribution in [0, 0.1) is 0 Å². The lowest BCUT2D eigenvalue weighted by Gasteiger charge is -2.08. The zero-order chi connectivity index (χ0) is 13.1. The minimum atomic E-state index is -1.18. The van der Waals surface area contributed by atoms with E-state index in [1.54, 1.807) is 24.5 Å². The van der Waals surface area contributed by atoms with Crippen molar-refractivity contribution in [2.75, 3.05) is 6.26 Å². The topological polar surface area (TPSA) is 60.2 Å². The van der Waals surface area contributed by atoms with Crippen molar-refractivity contribution in [3.63, 3.8) is 0 Å². The standard InChI is InChI=1S/C14H13NO2S/c1-18(17)13-9-11(14(15)16)7-8-12(13)10-5-3-2-4-6-10/h2-9H,1H3,(H2,15,16). The molecule has 0 aromatic heterocycles. The Hall–Kier alpha value is -1.94. The summed E-state index contributed by atoms with van der Waals surface area (Å²) < 4.78 is 11.8. The number of hydrogen-bond donors (Lipinski definition) is 1. The van der Waals surface area contributed by atoms with Gasteiger partial charge in [0.25, 0.3) is 0 Å². The van der Waals surface area contributed by atoms with Crippen LogP contribution in [0.2, 0.25) is 0 Å². The number of hydrogen-bond acceptors (Lipinski definition) is 2. The van der Waals surface area contributed by atoms with Gasteiger partial charge in [-0.1, -0.05) is 36.4 Å². The molecule has 0 spiro atoms. The van der Waals surface area contributed by atoms with Crippen LogP contribution in [0.15, 0.2) is 53.4 Å². The van der Waals surface area contributed by atoms with Crippen molar-refractivity contribution in [1.82, 2.24) is 0 Å². The quantitative estimate of drug-likeness (QED) is 0.918. The van der Waals surface area contributed by atoms with Gasteiger partial charge >= 0.3 is 0 Å². The summed E-state index contributed by atoms with van der Waals surface area (Å²) in [6.07, 6.45) is 1.59. The lowest BCUT2D eigenvalue weighted by Crippen LogP contribution is -2.11. The van der Waals surface area contributed by atoms with E-state index in [9.17, 15) is 9.00 Å². The van der Waals surface area contributed by atoms with Gasteiger partial charge in [-0.25, -0.2) is 0 Å². The average Bonchev–Trinajstić information content (AvgIpc) is 2.39. The summed E-state index contributed by atoms with van der Waals surface area (Å²) in [5.74, 6) is -0.513. The number of amides is 1. The Bertz CT molecular complexity index is 608. The van der Waals surface area contributed by atoms with Gasteiger partial charge in [0.2, 0.25) is 5.91 Å². The highest BCUT2D eigenvalue weighted by Gasteiger charge is 2.11. The van der Waals surface area contributed by atoms with Crippen LogP contribution in [0.4, 0.5) is 0 Å². The Morgan fingerprint density at radius 3 is 2.33 bits per heavy atom. The van der Waals surface area contributed by atoms with Crippen molar-refractivity contribution in [3.05, 3.63) is 54.1 Å². The SMILES string of the molecule is CS(=O)c1cc(C(N)=O)ccc1-c1ccccc1. The zero-order valence-electron chi connectivity index (χ0n) is 9.92. The first-order valence-corrected chi connectivity index (χ1v) is 6.98. The normalized spacial score (nSPS) is 12.1. The Morgan fingerprint density at radius 1 is 1.11 bits per heavy atom. The molecule has 2 N–H and O–H groups in total. The van der Waals surface area contributed by atoms with Crippen LogP contribution in [0.3, 0.4) is 0 Å². The Kier molecular flexibility index (Phi) is 3.58. The molecule has 1 unspecified atom stereocenters. The van der Waals surface area contributed by atoms with Gasteiger partial charge in [-0.2, -0.15) is 0 Å². The van der Waals surface area contributed by atoms with Gasteiger partial charge in [-0.3, -0.25) is 9.00 Å². The van der Waals surface area contributed by atoms with Crippen LogP contribution in [-0.2, 0) is 10.8 Å². The lowest BCUT2D eigenvalue weighted by molar-refractivity contribution is 0.1000. The zero-order valence-corrected chi connectivity index (χ0v) is 10.7. The first-order valence-electron chi connectivity index (χ1n) is 5.42. The summed E-state index contributed by atoms with van der Waals surface area (Å²) in [5.41, 5.74) is 7.44. The molecule has 2 aromatic carbocycles. The van der Waals surface area contributed by atoms with E-state index in [1.165, 1.54) is 0 Å². The molecule has 18 heavy (non-hydrogen) atoms. The summed E-state index contributed by atoms with van der Waals surface area (Å²) in [4.78, 5) is 11.8. The number of benzene rings is 2. The van der Waals surface area contributed by atoms with Gasteiger partial charge in [0, 0.05) is 16.7 Å². The number of nitrogens with two attached hydrogens (primary N) is 1. The second-order valence-corrected chi connectivity index (χ2v) is 5.24. The maximum atomic E-state index is 11.8.